The number of hydrogen-bond donors (Lipinski definition) is 0. The van der Waals surface area contributed by atoms with Crippen molar-refractivity contribution in [2.45, 2.75) is 25.2 Å². The molecule has 0 unspecified atom stereocenters. The van der Waals surface area contributed by atoms with Crippen molar-refractivity contribution in [2.75, 3.05) is 0 Å². The minimum absolute atomic E-state index is 0.740. The average Bonchev–Trinajstić information content (AvgIpc) is 2.27. The summed E-state index contributed by atoms with van der Waals surface area (Å²) in [5.74, 6) is 0.758. The first-order chi connectivity index (χ1) is 8.33. The van der Waals surface area contributed by atoms with Gasteiger partial charge < -0.3 is 0 Å². The summed E-state index contributed by atoms with van der Waals surface area (Å²) in [6, 6.07) is 12.4. The Balaban J connectivity index is 1.97. The van der Waals surface area contributed by atoms with E-state index in [1.807, 2.05) is 6.07 Å². The highest BCUT2D eigenvalue weighted by Gasteiger charge is 2.19. The largest absolute Gasteiger partial charge is 0.256 e. The van der Waals surface area contributed by atoms with Crippen LogP contribution >= 0.6 is 11.6 Å². The first kappa shape index (κ1) is 10.8. The number of benzene rings is 1. The molecule has 1 saturated carbocycles. The van der Waals surface area contributed by atoms with Crippen molar-refractivity contribution in [3.05, 3.63) is 53.2 Å². The van der Waals surface area contributed by atoms with Crippen LogP contribution in [-0.2, 0) is 0 Å². The predicted molar refractivity (Wildman–Crippen MR) is 71.3 cm³/mol. The number of aromatic nitrogens is 1. The van der Waals surface area contributed by atoms with Crippen LogP contribution in [-0.4, -0.2) is 4.98 Å². The summed E-state index contributed by atoms with van der Waals surface area (Å²) < 4.78 is 0. The summed E-state index contributed by atoms with van der Waals surface area (Å²) in [4.78, 5) is 4.37. The Kier molecular flexibility index (Phi) is 2.86. The van der Waals surface area contributed by atoms with Gasteiger partial charge in [-0.25, -0.2) is 0 Å². The lowest BCUT2D eigenvalue weighted by molar-refractivity contribution is 0.420. The number of nitrogens with zero attached hydrogens (tertiary/aromatic N) is 1. The van der Waals surface area contributed by atoms with E-state index < -0.39 is 0 Å². The van der Waals surface area contributed by atoms with Crippen LogP contribution in [0.15, 0.2) is 42.6 Å². The van der Waals surface area contributed by atoms with Gasteiger partial charge in [0.2, 0.25) is 0 Å². The maximum absolute atomic E-state index is 6.00. The second-order valence-corrected chi connectivity index (χ2v) is 5.05. The van der Waals surface area contributed by atoms with Crippen molar-refractivity contribution >= 4 is 11.6 Å². The number of rotatable bonds is 2. The van der Waals surface area contributed by atoms with E-state index in [1.54, 1.807) is 12.3 Å². The molecule has 0 radical (unpaired) electrons. The van der Waals surface area contributed by atoms with Crippen molar-refractivity contribution in [1.29, 1.82) is 0 Å². The summed E-state index contributed by atoms with van der Waals surface area (Å²) in [5, 5.41) is 0.740. The third-order valence-electron chi connectivity index (χ3n) is 3.48. The van der Waals surface area contributed by atoms with Gasteiger partial charge in [-0.15, -0.1) is 0 Å². The fourth-order valence-electron chi connectivity index (χ4n) is 2.26. The molecule has 0 aliphatic heterocycles. The van der Waals surface area contributed by atoms with Crippen LogP contribution in [0, 0.1) is 0 Å². The SMILES string of the molecule is Clc1ccnc(-c2cccc(C3CCC3)c2)c1. The third kappa shape index (κ3) is 2.20. The molecule has 0 bridgehead atoms. The molecule has 1 fully saturated rings. The van der Waals surface area contributed by atoms with E-state index >= 15 is 0 Å². The molecule has 3 rings (SSSR count). The van der Waals surface area contributed by atoms with Gasteiger partial charge in [0.1, 0.15) is 0 Å². The molecule has 86 valence electrons. The van der Waals surface area contributed by atoms with E-state index in [4.69, 9.17) is 11.6 Å². The van der Waals surface area contributed by atoms with Crippen molar-refractivity contribution in [2.24, 2.45) is 0 Å². The highest BCUT2D eigenvalue weighted by molar-refractivity contribution is 6.30. The minimum atomic E-state index is 0.740. The zero-order chi connectivity index (χ0) is 11.7. The fourth-order valence-corrected chi connectivity index (χ4v) is 2.42. The Morgan fingerprint density at radius 1 is 1.12 bits per heavy atom. The number of hydrogen-bond acceptors (Lipinski definition) is 1. The Morgan fingerprint density at radius 3 is 2.71 bits per heavy atom. The molecule has 1 aliphatic carbocycles. The lowest BCUT2D eigenvalue weighted by Crippen LogP contribution is -2.08. The van der Waals surface area contributed by atoms with Crippen LogP contribution in [0.25, 0.3) is 11.3 Å². The maximum atomic E-state index is 6.00. The molecule has 1 aromatic heterocycles. The molecule has 2 aromatic rings. The van der Waals surface area contributed by atoms with E-state index in [-0.39, 0.29) is 0 Å². The molecule has 0 amide bonds. The van der Waals surface area contributed by atoms with Gasteiger partial charge in [-0.1, -0.05) is 36.2 Å². The van der Waals surface area contributed by atoms with Crippen molar-refractivity contribution in [3.63, 3.8) is 0 Å². The maximum Gasteiger partial charge on any atom is 0.0716 e. The summed E-state index contributed by atoms with van der Waals surface area (Å²) in [7, 11) is 0. The Labute approximate surface area is 106 Å². The molecule has 1 heterocycles. The lowest BCUT2D eigenvalue weighted by Gasteiger charge is -2.26. The lowest BCUT2D eigenvalue weighted by atomic mass is 9.79. The molecular weight excluding hydrogens is 230 g/mol. The van der Waals surface area contributed by atoms with E-state index in [0.717, 1.165) is 22.2 Å². The first-order valence-corrected chi connectivity index (χ1v) is 6.42. The smallest absolute Gasteiger partial charge is 0.0716 e. The molecule has 1 aliphatic rings. The summed E-state index contributed by atoms with van der Waals surface area (Å²) in [6.45, 7) is 0. The van der Waals surface area contributed by atoms with Gasteiger partial charge in [0.25, 0.3) is 0 Å². The predicted octanol–water partition coefficient (Wildman–Crippen LogP) is 4.67. The van der Waals surface area contributed by atoms with Gasteiger partial charge in [0, 0.05) is 16.8 Å². The van der Waals surface area contributed by atoms with Crippen LogP contribution < -0.4 is 0 Å². The number of halogens is 1. The highest BCUT2D eigenvalue weighted by Crippen LogP contribution is 2.37. The van der Waals surface area contributed by atoms with Gasteiger partial charge in [0.05, 0.1) is 5.69 Å². The molecule has 1 aromatic carbocycles. The van der Waals surface area contributed by atoms with Crippen LogP contribution in [0.2, 0.25) is 5.02 Å². The van der Waals surface area contributed by atoms with Crippen molar-refractivity contribution in [3.8, 4) is 11.3 Å². The Hall–Kier alpha value is -1.34. The van der Waals surface area contributed by atoms with Crippen LogP contribution in [0.3, 0.4) is 0 Å². The Bertz CT molecular complexity index is 532. The second kappa shape index (κ2) is 4.50. The van der Waals surface area contributed by atoms with Gasteiger partial charge in [-0.3, -0.25) is 4.98 Å². The molecule has 0 spiro atoms. The third-order valence-corrected chi connectivity index (χ3v) is 3.72. The fraction of sp³-hybridized carbons (Fsp3) is 0.267. The highest BCUT2D eigenvalue weighted by atomic mass is 35.5. The minimum Gasteiger partial charge on any atom is -0.256 e. The molecular formula is C15H14ClN. The van der Waals surface area contributed by atoms with Crippen molar-refractivity contribution in [1.82, 2.24) is 4.98 Å². The van der Waals surface area contributed by atoms with Crippen LogP contribution in [0.4, 0.5) is 0 Å². The first-order valence-electron chi connectivity index (χ1n) is 6.05. The normalized spacial score (nSPS) is 15.6. The molecule has 2 heteroatoms. The van der Waals surface area contributed by atoms with Gasteiger partial charge in [-0.05, 0) is 42.5 Å². The Morgan fingerprint density at radius 2 is 2.00 bits per heavy atom. The molecule has 1 nitrogen and oxygen atoms in total. The molecule has 0 N–H and O–H groups in total. The molecule has 0 saturated heterocycles. The topological polar surface area (TPSA) is 12.9 Å². The quantitative estimate of drug-likeness (QED) is 0.747. The summed E-state index contributed by atoms with van der Waals surface area (Å²) in [6.07, 6.45) is 5.77. The second-order valence-electron chi connectivity index (χ2n) is 4.61. The van der Waals surface area contributed by atoms with Gasteiger partial charge >= 0.3 is 0 Å². The standard InChI is InChI=1S/C15H14ClN/c16-14-7-8-17-15(10-14)13-6-2-5-12(9-13)11-3-1-4-11/h2,5-11H,1,3-4H2. The van der Waals surface area contributed by atoms with Crippen LogP contribution in [0.5, 0.6) is 0 Å². The monoisotopic (exact) mass is 243 g/mol. The van der Waals surface area contributed by atoms with Gasteiger partial charge in [-0.2, -0.15) is 0 Å². The van der Waals surface area contributed by atoms with Gasteiger partial charge in [0.15, 0.2) is 0 Å². The molecule has 17 heavy (non-hydrogen) atoms. The summed E-state index contributed by atoms with van der Waals surface area (Å²) >= 11 is 6.00. The number of pyridine rings is 1. The van der Waals surface area contributed by atoms with Crippen molar-refractivity contribution < 1.29 is 0 Å². The summed E-state index contributed by atoms with van der Waals surface area (Å²) in [5.41, 5.74) is 3.56. The zero-order valence-electron chi connectivity index (χ0n) is 9.57. The molecule has 0 atom stereocenters. The van der Waals surface area contributed by atoms with Crippen LogP contribution in [0.1, 0.15) is 30.7 Å². The average molecular weight is 244 g/mol. The van der Waals surface area contributed by atoms with E-state index in [2.05, 4.69) is 29.2 Å². The zero-order valence-corrected chi connectivity index (χ0v) is 10.3. The van der Waals surface area contributed by atoms with E-state index in [9.17, 15) is 0 Å². The van der Waals surface area contributed by atoms with E-state index in [1.165, 1.54) is 24.8 Å². The van der Waals surface area contributed by atoms with E-state index in [0.29, 0.717) is 0 Å².